The van der Waals surface area contributed by atoms with E-state index in [2.05, 4.69) is 33.7 Å². The molecule has 8 nitrogen and oxygen atoms in total. The standard InChI is InChI=1S/C25H27N3O5S/c1-5-28-21-9-7-6-8-19(21)20-14-17(10-12-22(20)28)26-25(29)16(2)27-34(30,31)18-11-13-23(32-3)24(15-18)33-4/h6-16,27H,5H2,1-4H3,(H,26,29)/t16-/m1/s1. The summed E-state index contributed by atoms with van der Waals surface area (Å²) in [6.45, 7) is 4.41. The number of hydrogen-bond donors (Lipinski definition) is 2. The van der Waals surface area contributed by atoms with Crippen LogP contribution >= 0.6 is 0 Å². The number of fused-ring (bicyclic) bond motifs is 3. The summed E-state index contributed by atoms with van der Waals surface area (Å²) in [5, 5.41) is 4.94. The maximum Gasteiger partial charge on any atom is 0.242 e. The zero-order chi connectivity index (χ0) is 24.5. The number of benzene rings is 3. The monoisotopic (exact) mass is 481 g/mol. The van der Waals surface area contributed by atoms with Crippen LogP contribution in [0, 0.1) is 0 Å². The number of methoxy groups -OCH3 is 2. The minimum Gasteiger partial charge on any atom is -0.493 e. The summed E-state index contributed by atoms with van der Waals surface area (Å²) in [7, 11) is -1.08. The van der Waals surface area contributed by atoms with Crippen LogP contribution < -0.4 is 19.5 Å². The molecule has 1 atom stereocenters. The second kappa shape index (κ2) is 9.36. The molecule has 0 radical (unpaired) electrons. The molecule has 4 aromatic rings. The van der Waals surface area contributed by atoms with Crippen LogP contribution in [0.1, 0.15) is 13.8 Å². The highest BCUT2D eigenvalue weighted by Gasteiger charge is 2.24. The Balaban J connectivity index is 1.55. The molecule has 0 fully saturated rings. The largest absolute Gasteiger partial charge is 0.493 e. The van der Waals surface area contributed by atoms with E-state index < -0.39 is 22.0 Å². The number of nitrogens with zero attached hydrogens (tertiary/aromatic N) is 1. The number of carbonyl (C=O) groups is 1. The quantitative estimate of drug-likeness (QED) is 0.394. The van der Waals surface area contributed by atoms with Gasteiger partial charge in [0.2, 0.25) is 15.9 Å². The Morgan fingerprint density at radius 3 is 2.35 bits per heavy atom. The summed E-state index contributed by atoms with van der Waals surface area (Å²) in [5.41, 5.74) is 2.79. The number of para-hydroxylation sites is 1. The van der Waals surface area contributed by atoms with Crippen LogP contribution in [0.2, 0.25) is 0 Å². The number of ether oxygens (including phenoxy) is 2. The number of sulfonamides is 1. The van der Waals surface area contributed by atoms with Gasteiger partial charge in [-0.1, -0.05) is 18.2 Å². The molecule has 0 aliphatic carbocycles. The fraction of sp³-hybridized carbons (Fsp3) is 0.240. The van der Waals surface area contributed by atoms with Crippen molar-refractivity contribution >= 4 is 43.4 Å². The molecule has 2 N–H and O–H groups in total. The average Bonchev–Trinajstić information content (AvgIpc) is 3.16. The Bertz CT molecular complexity index is 1480. The van der Waals surface area contributed by atoms with E-state index in [1.165, 1.54) is 39.3 Å². The van der Waals surface area contributed by atoms with Crippen molar-refractivity contribution in [1.82, 2.24) is 9.29 Å². The first-order valence-corrected chi connectivity index (χ1v) is 12.3. The molecular weight excluding hydrogens is 454 g/mol. The smallest absolute Gasteiger partial charge is 0.242 e. The van der Waals surface area contributed by atoms with Crippen molar-refractivity contribution in [1.29, 1.82) is 0 Å². The molecule has 1 amide bonds. The van der Waals surface area contributed by atoms with Gasteiger partial charge in [0, 0.05) is 40.1 Å². The van der Waals surface area contributed by atoms with E-state index in [1.807, 2.05) is 30.3 Å². The van der Waals surface area contributed by atoms with E-state index in [9.17, 15) is 13.2 Å². The zero-order valence-electron chi connectivity index (χ0n) is 19.5. The molecule has 9 heteroatoms. The maximum atomic E-state index is 12.8. The highest BCUT2D eigenvalue weighted by molar-refractivity contribution is 7.89. The van der Waals surface area contributed by atoms with Crippen molar-refractivity contribution in [3.8, 4) is 11.5 Å². The Kier molecular flexibility index (Phi) is 6.49. The predicted molar refractivity (Wildman–Crippen MR) is 133 cm³/mol. The summed E-state index contributed by atoms with van der Waals surface area (Å²) >= 11 is 0. The average molecular weight is 482 g/mol. The summed E-state index contributed by atoms with van der Waals surface area (Å²) in [4.78, 5) is 12.8. The molecule has 1 aromatic heterocycles. The van der Waals surface area contributed by atoms with E-state index in [0.29, 0.717) is 11.4 Å². The number of hydrogen-bond acceptors (Lipinski definition) is 5. The number of rotatable bonds is 8. The van der Waals surface area contributed by atoms with Gasteiger partial charge in [-0.15, -0.1) is 0 Å². The fourth-order valence-electron chi connectivity index (χ4n) is 4.06. The van der Waals surface area contributed by atoms with Crippen LogP contribution in [0.3, 0.4) is 0 Å². The van der Waals surface area contributed by atoms with Gasteiger partial charge in [-0.25, -0.2) is 8.42 Å². The van der Waals surface area contributed by atoms with Crippen LogP contribution in [-0.4, -0.2) is 39.2 Å². The third-order valence-corrected chi connectivity index (χ3v) is 7.29. The molecule has 34 heavy (non-hydrogen) atoms. The van der Waals surface area contributed by atoms with Gasteiger partial charge in [0.05, 0.1) is 25.2 Å². The molecule has 0 spiro atoms. The van der Waals surface area contributed by atoms with E-state index in [0.717, 1.165) is 28.4 Å². The maximum absolute atomic E-state index is 12.8. The second-order valence-electron chi connectivity index (χ2n) is 7.84. The number of nitrogens with one attached hydrogen (secondary N) is 2. The lowest BCUT2D eigenvalue weighted by atomic mass is 10.1. The number of aryl methyl sites for hydroxylation is 1. The number of amides is 1. The van der Waals surface area contributed by atoms with Crippen molar-refractivity contribution in [2.24, 2.45) is 0 Å². The van der Waals surface area contributed by atoms with Crippen molar-refractivity contribution in [3.63, 3.8) is 0 Å². The minimum atomic E-state index is -3.97. The van der Waals surface area contributed by atoms with Gasteiger partial charge >= 0.3 is 0 Å². The van der Waals surface area contributed by atoms with Crippen LogP contribution in [0.5, 0.6) is 11.5 Å². The molecular formula is C25H27N3O5S. The summed E-state index contributed by atoms with van der Waals surface area (Å²) in [5.74, 6) is 0.219. The van der Waals surface area contributed by atoms with Crippen LogP contribution in [0.25, 0.3) is 21.8 Å². The molecule has 178 valence electrons. The van der Waals surface area contributed by atoms with Gasteiger partial charge in [-0.2, -0.15) is 4.72 Å². The Morgan fingerprint density at radius 2 is 1.65 bits per heavy atom. The van der Waals surface area contributed by atoms with E-state index >= 15 is 0 Å². The van der Waals surface area contributed by atoms with Gasteiger partial charge in [0.15, 0.2) is 11.5 Å². The van der Waals surface area contributed by atoms with Crippen LogP contribution in [0.15, 0.2) is 65.6 Å². The lowest BCUT2D eigenvalue weighted by molar-refractivity contribution is -0.117. The zero-order valence-corrected chi connectivity index (χ0v) is 20.3. The number of aromatic nitrogens is 1. The van der Waals surface area contributed by atoms with Gasteiger partial charge < -0.3 is 19.4 Å². The highest BCUT2D eigenvalue weighted by atomic mass is 32.2. The lowest BCUT2D eigenvalue weighted by Gasteiger charge is -2.16. The van der Waals surface area contributed by atoms with Crippen LogP contribution in [-0.2, 0) is 21.4 Å². The first-order valence-electron chi connectivity index (χ1n) is 10.8. The van der Waals surface area contributed by atoms with Crippen molar-refractivity contribution in [2.45, 2.75) is 31.3 Å². The summed E-state index contributed by atoms with van der Waals surface area (Å²) < 4.78 is 40.6. The van der Waals surface area contributed by atoms with E-state index in [-0.39, 0.29) is 10.6 Å². The summed E-state index contributed by atoms with van der Waals surface area (Å²) in [6.07, 6.45) is 0. The molecule has 0 bridgehead atoms. The fourth-order valence-corrected chi connectivity index (χ4v) is 5.28. The predicted octanol–water partition coefficient (Wildman–Crippen LogP) is 4.14. The van der Waals surface area contributed by atoms with Gasteiger partial charge in [-0.3, -0.25) is 4.79 Å². The van der Waals surface area contributed by atoms with Gasteiger partial charge in [0.1, 0.15) is 0 Å². The first kappa shape index (κ1) is 23.6. The third-order valence-electron chi connectivity index (χ3n) is 5.75. The topological polar surface area (TPSA) is 98.7 Å². The molecule has 3 aromatic carbocycles. The van der Waals surface area contributed by atoms with Crippen molar-refractivity contribution in [2.75, 3.05) is 19.5 Å². The summed E-state index contributed by atoms with van der Waals surface area (Å²) in [6, 6.07) is 17.0. The first-order chi connectivity index (χ1) is 16.3. The van der Waals surface area contributed by atoms with Crippen molar-refractivity contribution < 1.29 is 22.7 Å². The highest BCUT2D eigenvalue weighted by Crippen LogP contribution is 2.31. The van der Waals surface area contributed by atoms with Gasteiger partial charge in [-0.05, 0) is 50.2 Å². The third kappa shape index (κ3) is 4.32. The van der Waals surface area contributed by atoms with E-state index in [1.54, 1.807) is 0 Å². The minimum absolute atomic E-state index is 0.0291. The molecule has 0 aliphatic rings. The van der Waals surface area contributed by atoms with Gasteiger partial charge in [0.25, 0.3) is 0 Å². The molecule has 0 saturated carbocycles. The Labute approximate surface area is 198 Å². The molecule has 0 aliphatic heterocycles. The SMILES string of the molecule is CCn1c2ccccc2c2cc(NC(=O)[C@@H](C)NS(=O)(=O)c3ccc(OC)c(OC)c3)ccc21. The molecule has 0 saturated heterocycles. The Hall–Kier alpha value is -3.56. The normalized spacial score (nSPS) is 12.6. The van der Waals surface area contributed by atoms with Crippen LogP contribution in [0.4, 0.5) is 5.69 Å². The van der Waals surface area contributed by atoms with Crippen molar-refractivity contribution in [3.05, 3.63) is 60.7 Å². The van der Waals surface area contributed by atoms with E-state index in [4.69, 9.17) is 9.47 Å². The molecule has 0 unspecified atom stereocenters. The molecule has 1 heterocycles. The Morgan fingerprint density at radius 1 is 0.941 bits per heavy atom. The number of carbonyl (C=O) groups excluding carboxylic acids is 1. The lowest BCUT2D eigenvalue weighted by Crippen LogP contribution is -2.41. The second-order valence-corrected chi connectivity index (χ2v) is 9.56. The molecule has 4 rings (SSSR count). The number of anilines is 1.